The molecule has 0 amide bonds. The Morgan fingerprint density at radius 1 is 1.55 bits per heavy atom. The van der Waals surface area contributed by atoms with E-state index in [0.717, 1.165) is 5.69 Å². The maximum atomic E-state index is 12.3. The van der Waals surface area contributed by atoms with E-state index in [1.54, 1.807) is 32.2 Å². The fourth-order valence-electron chi connectivity index (χ4n) is 1.79. The Bertz CT molecular complexity index is 589. The van der Waals surface area contributed by atoms with E-state index >= 15 is 0 Å². The van der Waals surface area contributed by atoms with Gasteiger partial charge in [-0.25, -0.2) is 9.78 Å². The smallest absolute Gasteiger partial charge is 0.338 e. The summed E-state index contributed by atoms with van der Waals surface area (Å²) in [5.74, 6) is -0.366. The van der Waals surface area contributed by atoms with Crippen LogP contribution in [0.4, 0.5) is 5.69 Å². The predicted octanol–water partition coefficient (Wildman–Crippen LogP) is 3.69. The molecule has 0 bridgehead atoms. The molecular weight excluding hydrogens is 296 g/mol. The van der Waals surface area contributed by atoms with Gasteiger partial charge in [-0.3, -0.25) is 0 Å². The molecule has 0 saturated carbocycles. The quantitative estimate of drug-likeness (QED) is 0.856. The van der Waals surface area contributed by atoms with E-state index < -0.39 is 5.54 Å². The molecule has 4 nitrogen and oxygen atoms in total. The van der Waals surface area contributed by atoms with E-state index in [-0.39, 0.29) is 5.97 Å². The van der Waals surface area contributed by atoms with Gasteiger partial charge in [0, 0.05) is 22.3 Å². The van der Waals surface area contributed by atoms with Crippen molar-refractivity contribution < 1.29 is 9.53 Å². The van der Waals surface area contributed by atoms with Gasteiger partial charge in [-0.2, -0.15) is 0 Å². The standard InChI is InChI=1S/C14H15ClN2O2S/c1-3-19-13(18)14(2,12-16-7-8-20-12)17-11-6-4-5-10(15)9-11/h4-9,17H,3H2,1-2H3. The van der Waals surface area contributed by atoms with Gasteiger partial charge in [-0.1, -0.05) is 17.7 Å². The molecule has 0 saturated heterocycles. The number of halogens is 1. The zero-order chi connectivity index (χ0) is 14.6. The molecule has 20 heavy (non-hydrogen) atoms. The summed E-state index contributed by atoms with van der Waals surface area (Å²) in [4.78, 5) is 16.5. The molecule has 0 aliphatic rings. The number of carbonyl (C=O) groups excluding carboxylic acids is 1. The molecule has 2 aromatic rings. The van der Waals surface area contributed by atoms with Crippen LogP contribution < -0.4 is 5.32 Å². The Morgan fingerprint density at radius 3 is 2.95 bits per heavy atom. The molecule has 0 fully saturated rings. The third-order valence-corrected chi connectivity index (χ3v) is 3.99. The zero-order valence-corrected chi connectivity index (χ0v) is 12.8. The Kier molecular flexibility index (Phi) is 4.62. The second-order valence-corrected chi connectivity index (χ2v) is 5.65. The molecule has 1 aromatic heterocycles. The molecule has 1 atom stereocenters. The van der Waals surface area contributed by atoms with Crippen molar-refractivity contribution in [2.24, 2.45) is 0 Å². The summed E-state index contributed by atoms with van der Waals surface area (Å²) in [5.41, 5.74) is -0.294. The number of carbonyl (C=O) groups is 1. The second-order valence-electron chi connectivity index (χ2n) is 4.32. The Morgan fingerprint density at radius 2 is 2.35 bits per heavy atom. The van der Waals surface area contributed by atoms with Crippen molar-refractivity contribution in [3.8, 4) is 0 Å². The molecule has 1 aromatic carbocycles. The average molecular weight is 311 g/mol. The first-order chi connectivity index (χ1) is 9.56. The minimum atomic E-state index is -1.03. The van der Waals surface area contributed by atoms with Crippen molar-refractivity contribution in [3.05, 3.63) is 45.9 Å². The van der Waals surface area contributed by atoms with Gasteiger partial charge >= 0.3 is 5.97 Å². The van der Waals surface area contributed by atoms with E-state index in [9.17, 15) is 4.79 Å². The van der Waals surface area contributed by atoms with Gasteiger partial charge in [0.15, 0.2) is 5.54 Å². The van der Waals surface area contributed by atoms with Gasteiger partial charge < -0.3 is 10.1 Å². The fourth-order valence-corrected chi connectivity index (χ4v) is 2.73. The van der Waals surface area contributed by atoms with Crippen LogP contribution in [0, 0.1) is 0 Å². The van der Waals surface area contributed by atoms with E-state index in [2.05, 4.69) is 10.3 Å². The molecule has 1 N–H and O–H groups in total. The molecule has 0 spiro atoms. The van der Waals surface area contributed by atoms with Crippen molar-refractivity contribution in [3.63, 3.8) is 0 Å². The van der Waals surface area contributed by atoms with Crippen LogP contribution in [-0.4, -0.2) is 17.6 Å². The summed E-state index contributed by atoms with van der Waals surface area (Å²) in [6, 6.07) is 7.19. The van der Waals surface area contributed by atoms with E-state index in [0.29, 0.717) is 16.6 Å². The van der Waals surface area contributed by atoms with Crippen molar-refractivity contribution in [2.75, 3.05) is 11.9 Å². The first kappa shape index (κ1) is 14.8. The van der Waals surface area contributed by atoms with E-state index in [1.807, 2.05) is 17.5 Å². The highest BCUT2D eigenvalue weighted by molar-refractivity contribution is 7.09. The number of esters is 1. The second kappa shape index (κ2) is 6.24. The van der Waals surface area contributed by atoms with Gasteiger partial charge in [-0.15, -0.1) is 11.3 Å². The molecule has 1 heterocycles. The van der Waals surface area contributed by atoms with Crippen LogP contribution in [0.1, 0.15) is 18.9 Å². The monoisotopic (exact) mass is 310 g/mol. The number of rotatable bonds is 5. The van der Waals surface area contributed by atoms with Crippen LogP contribution in [0.2, 0.25) is 5.02 Å². The lowest BCUT2D eigenvalue weighted by Crippen LogP contribution is -2.41. The van der Waals surface area contributed by atoms with Gasteiger partial charge in [-0.05, 0) is 32.0 Å². The molecule has 0 radical (unpaired) electrons. The molecule has 106 valence electrons. The lowest BCUT2D eigenvalue weighted by Gasteiger charge is -2.27. The molecular formula is C14H15ClN2O2S. The van der Waals surface area contributed by atoms with Crippen molar-refractivity contribution >= 4 is 34.6 Å². The van der Waals surface area contributed by atoms with Crippen LogP contribution in [0.25, 0.3) is 0 Å². The maximum Gasteiger partial charge on any atom is 0.338 e. The topological polar surface area (TPSA) is 51.2 Å². The number of ether oxygens (including phenoxy) is 1. The van der Waals surface area contributed by atoms with Crippen LogP contribution in [-0.2, 0) is 15.1 Å². The number of nitrogens with one attached hydrogen (secondary N) is 1. The highest BCUT2D eigenvalue weighted by Gasteiger charge is 2.39. The summed E-state index contributed by atoms with van der Waals surface area (Å²) in [6.45, 7) is 3.85. The summed E-state index contributed by atoms with van der Waals surface area (Å²) < 4.78 is 5.17. The zero-order valence-electron chi connectivity index (χ0n) is 11.2. The minimum Gasteiger partial charge on any atom is -0.464 e. The number of anilines is 1. The number of thiazole rings is 1. The number of benzene rings is 1. The Hall–Kier alpha value is -1.59. The number of nitrogens with zero attached hydrogens (tertiary/aromatic N) is 1. The molecule has 1 unspecified atom stereocenters. The summed E-state index contributed by atoms with van der Waals surface area (Å²) in [7, 11) is 0. The third kappa shape index (κ3) is 3.11. The largest absolute Gasteiger partial charge is 0.464 e. The van der Waals surface area contributed by atoms with Gasteiger partial charge in [0.2, 0.25) is 0 Å². The highest BCUT2D eigenvalue weighted by Crippen LogP contribution is 2.30. The molecule has 2 rings (SSSR count). The van der Waals surface area contributed by atoms with E-state index in [4.69, 9.17) is 16.3 Å². The molecule has 0 aliphatic heterocycles. The van der Waals surface area contributed by atoms with Gasteiger partial charge in [0.05, 0.1) is 6.61 Å². The predicted molar refractivity (Wildman–Crippen MR) is 81.2 cm³/mol. The van der Waals surface area contributed by atoms with Crippen LogP contribution in [0.15, 0.2) is 35.8 Å². The van der Waals surface area contributed by atoms with Crippen molar-refractivity contribution in [1.29, 1.82) is 0 Å². The minimum absolute atomic E-state index is 0.316. The Labute approximate surface area is 126 Å². The summed E-state index contributed by atoms with van der Waals surface area (Å²) in [6.07, 6.45) is 1.66. The van der Waals surface area contributed by atoms with Crippen molar-refractivity contribution in [2.45, 2.75) is 19.4 Å². The van der Waals surface area contributed by atoms with Crippen LogP contribution in [0.5, 0.6) is 0 Å². The number of aromatic nitrogens is 1. The first-order valence-corrected chi connectivity index (χ1v) is 7.43. The van der Waals surface area contributed by atoms with Crippen molar-refractivity contribution in [1.82, 2.24) is 4.98 Å². The van der Waals surface area contributed by atoms with Gasteiger partial charge in [0.25, 0.3) is 0 Å². The summed E-state index contributed by atoms with van der Waals surface area (Å²) >= 11 is 7.37. The lowest BCUT2D eigenvalue weighted by atomic mass is 10.0. The SMILES string of the molecule is CCOC(=O)C(C)(Nc1cccc(Cl)c1)c1nccs1. The van der Waals surface area contributed by atoms with Crippen LogP contribution >= 0.6 is 22.9 Å². The lowest BCUT2D eigenvalue weighted by molar-refractivity contribution is -0.148. The first-order valence-electron chi connectivity index (χ1n) is 6.17. The maximum absolute atomic E-state index is 12.3. The van der Waals surface area contributed by atoms with Gasteiger partial charge in [0.1, 0.15) is 5.01 Å². The molecule has 6 heteroatoms. The third-order valence-electron chi connectivity index (χ3n) is 2.76. The number of hydrogen-bond acceptors (Lipinski definition) is 5. The van der Waals surface area contributed by atoms with Crippen LogP contribution in [0.3, 0.4) is 0 Å². The highest BCUT2D eigenvalue weighted by atomic mass is 35.5. The Balaban J connectivity index is 2.35. The van der Waals surface area contributed by atoms with E-state index in [1.165, 1.54) is 11.3 Å². The average Bonchev–Trinajstić information content (AvgIpc) is 2.93. The summed E-state index contributed by atoms with van der Waals surface area (Å²) in [5, 5.41) is 6.24. The number of hydrogen-bond donors (Lipinski definition) is 1. The molecule has 0 aliphatic carbocycles. The normalized spacial score (nSPS) is 13.6. The fraction of sp³-hybridized carbons (Fsp3) is 0.286.